The van der Waals surface area contributed by atoms with E-state index in [0.29, 0.717) is 5.16 Å². The van der Waals surface area contributed by atoms with E-state index in [0.717, 1.165) is 11.3 Å². The monoisotopic (exact) mass is 334 g/mol. The normalized spacial score (nSPS) is 11.9. The van der Waals surface area contributed by atoms with Crippen LogP contribution in [0.5, 0.6) is 0 Å². The number of nitrogens with one attached hydrogen (secondary N) is 1. The number of nitrogens with zero attached hydrogens (tertiary/aromatic N) is 3. The van der Waals surface area contributed by atoms with Crippen LogP contribution < -0.4 is 5.32 Å². The van der Waals surface area contributed by atoms with Crippen molar-refractivity contribution in [2.75, 3.05) is 5.75 Å². The molecule has 122 valence electrons. The Morgan fingerprint density at radius 3 is 2.70 bits per heavy atom. The van der Waals surface area contributed by atoms with Gasteiger partial charge in [-0.3, -0.25) is 14.2 Å². The Labute approximate surface area is 138 Å². The van der Waals surface area contributed by atoms with Crippen LogP contribution in [0.3, 0.4) is 0 Å². The molecular formula is C15H18N4O3S. The molecule has 2 rings (SSSR count). The molecule has 0 bridgehead atoms. The van der Waals surface area contributed by atoms with E-state index >= 15 is 0 Å². The summed E-state index contributed by atoms with van der Waals surface area (Å²) in [4.78, 5) is 22.4. The predicted octanol–water partition coefficient (Wildman–Crippen LogP) is 1.65. The highest BCUT2D eigenvalue weighted by Gasteiger charge is 2.13. The van der Waals surface area contributed by atoms with Crippen molar-refractivity contribution in [1.29, 1.82) is 0 Å². The number of benzene rings is 1. The quantitative estimate of drug-likeness (QED) is 0.747. The SMILES string of the molecule is Cc1ccc(-n2cnnc2SCC(=O)NC(C)CC(=O)O)cc1. The zero-order valence-corrected chi connectivity index (χ0v) is 13.7. The Kier molecular flexibility index (Phi) is 5.75. The highest BCUT2D eigenvalue weighted by atomic mass is 32.2. The average molecular weight is 334 g/mol. The summed E-state index contributed by atoms with van der Waals surface area (Å²) in [7, 11) is 0. The Bertz CT molecular complexity index is 684. The molecule has 0 fully saturated rings. The summed E-state index contributed by atoms with van der Waals surface area (Å²) >= 11 is 1.25. The number of carbonyl (C=O) groups is 2. The molecule has 0 spiro atoms. The minimum Gasteiger partial charge on any atom is -0.481 e. The van der Waals surface area contributed by atoms with Gasteiger partial charge in [0, 0.05) is 11.7 Å². The van der Waals surface area contributed by atoms with E-state index in [1.54, 1.807) is 17.8 Å². The smallest absolute Gasteiger partial charge is 0.305 e. The van der Waals surface area contributed by atoms with Gasteiger partial charge < -0.3 is 10.4 Å². The van der Waals surface area contributed by atoms with E-state index < -0.39 is 12.0 Å². The summed E-state index contributed by atoms with van der Waals surface area (Å²) in [5.41, 5.74) is 2.07. The van der Waals surface area contributed by atoms with Crippen molar-refractivity contribution in [1.82, 2.24) is 20.1 Å². The second-order valence-corrected chi connectivity index (χ2v) is 6.12. The van der Waals surface area contributed by atoms with Crippen molar-refractivity contribution in [3.8, 4) is 5.69 Å². The molecule has 2 N–H and O–H groups in total. The number of thioether (sulfide) groups is 1. The van der Waals surface area contributed by atoms with E-state index in [2.05, 4.69) is 15.5 Å². The van der Waals surface area contributed by atoms with Gasteiger partial charge in [0.2, 0.25) is 5.91 Å². The predicted molar refractivity (Wildman–Crippen MR) is 86.7 cm³/mol. The molecular weight excluding hydrogens is 316 g/mol. The van der Waals surface area contributed by atoms with E-state index in [1.807, 2.05) is 31.2 Å². The number of rotatable bonds is 7. The number of carboxylic acids is 1. The topological polar surface area (TPSA) is 97.1 Å². The van der Waals surface area contributed by atoms with Crippen LogP contribution in [0, 0.1) is 6.92 Å². The molecule has 0 aliphatic heterocycles. The van der Waals surface area contributed by atoms with Gasteiger partial charge in [0.15, 0.2) is 5.16 Å². The first-order valence-electron chi connectivity index (χ1n) is 7.06. The largest absolute Gasteiger partial charge is 0.481 e. The maximum absolute atomic E-state index is 11.8. The molecule has 8 heteroatoms. The Morgan fingerprint density at radius 1 is 1.35 bits per heavy atom. The lowest BCUT2D eigenvalue weighted by atomic mass is 10.2. The molecule has 0 saturated heterocycles. The van der Waals surface area contributed by atoms with Crippen LogP contribution in [-0.4, -0.2) is 43.5 Å². The van der Waals surface area contributed by atoms with Gasteiger partial charge in [-0.2, -0.15) is 0 Å². The molecule has 1 atom stereocenters. The Morgan fingerprint density at radius 2 is 2.04 bits per heavy atom. The number of carboxylic acid groups (broad SMARTS) is 1. The number of amides is 1. The number of hydrogen-bond donors (Lipinski definition) is 2. The summed E-state index contributed by atoms with van der Waals surface area (Å²) in [6.45, 7) is 3.67. The van der Waals surface area contributed by atoms with Gasteiger partial charge in [-0.1, -0.05) is 29.5 Å². The fraction of sp³-hybridized carbons (Fsp3) is 0.333. The summed E-state index contributed by atoms with van der Waals surface area (Å²) in [5, 5.41) is 19.8. The van der Waals surface area contributed by atoms with E-state index in [-0.39, 0.29) is 18.1 Å². The lowest BCUT2D eigenvalue weighted by Crippen LogP contribution is -2.35. The molecule has 0 aliphatic carbocycles. The van der Waals surface area contributed by atoms with Crippen LogP contribution in [-0.2, 0) is 9.59 Å². The van der Waals surface area contributed by atoms with E-state index in [9.17, 15) is 9.59 Å². The molecule has 23 heavy (non-hydrogen) atoms. The van der Waals surface area contributed by atoms with E-state index in [1.165, 1.54) is 11.8 Å². The summed E-state index contributed by atoms with van der Waals surface area (Å²) in [6, 6.07) is 7.49. The van der Waals surface area contributed by atoms with Gasteiger partial charge in [-0.25, -0.2) is 0 Å². The number of aryl methyl sites for hydroxylation is 1. The zero-order chi connectivity index (χ0) is 16.8. The fourth-order valence-electron chi connectivity index (χ4n) is 1.96. The first kappa shape index (κ1) is 17.0. The number of carbonyl (C=O) groups excluding carboxylic acids is 1. The number of aromatic nitrogens is 3. The molecule has 1 unspecified atom stereocenters. The lowest BCUT2D eigenvalue weighted by Gasteiger charge is -2.11. The minimum absolute atomic E-state index is 0.101. The molecule has 7 nitrogen and oxygen atoms in total. The molecule has 1 aromatic carbocycles. The fourth-order valence-corrected chi connectivity index (χ4v) is 2.70. The van der Waals surface area contributed by atoms with Crippen LogP contribution in [0.1, 0.15) is 18.9 Å². The molecule has 2 aromatic rings. The first-order valence-corrected chi connectivity index (χ1v) is 8.05. The van der Waals surface area contributed by atoms with Crippen molar-refractivity contribution in [2.24, 2.45) is 0 Å². The molecule has 0 radical (unpaired) electrons. The van der Waals surface area contributed by atoms with Crippen molar-refractivity contribution >= 4 is 23.6 Å². The maximum atomic E-state index is 11.8. The van der Waals surface area contributed by atoms with Crippen LogP contribution in [0.15, 0.2) is 35.7 Å². The first-order chi connectivity index (χ1) is 11.0. The van der Waals surface area contributed by atoms with Crippen molar-refractivity contribution in [2.45, 2.75) is 31.5 Å². The number of hydrogen-bond acceptors (Lipinski definition) is 5. The van der Waals surface area contributed by atoms with Crippen molar-refractivity contribution in [3.05, 3.63) is 36.2 Å². The van der Waals surface area contributed by atoms with Gasteiger partial charge in [-0.05, 0) is 26.0 Å². The van der Waals surface area contributed by atoms with Crippen molar-refractivity contribution < 1.29 is 14.7 Å². The molecule has 1 amide bonds. The van der Waals surface area contributed by atoms with Crippen LogP contribution in [0.2, 0.25) is 0 Å². The zero-order valence-electron chi connectivity index (χ0n) is 12.9. The lowest BCUT2D eigenvalue weighted by molar-refractivity contribution is -0.137. The van der Waals surface area contributed by atoms with Crippen LogP contribution >= 0.6 is 11.8 Å². The summed E-state index contributed by atoms with van der Waals surface area (Å²) < 4.78 is 1.80. The van der Waals surface area contributed by atoms with Gasteiger partial charge >= 0.3 is 5.97 Å². The minimum atomic E-state index is -0.940. The van der Waals surface area contributed by atoms with Crippen LogP contribution in [0.25, 0.3) is 5.69 Å². The second kappa shape index (κ2) is 7.77. The Hall–Kier alpha value is -2.35. The Balaban J connectivity index is 1.94. The highest BCUT2D eigenvalue weighted by Crippen LogP contribution is 2.19. The third-order valence-electron chi connectivity index (χ3n) is 3.05. The average Bonchev–Trinajstić information content (AvgIpc) is 2.93. The number of aliphatic carboxylic acids is 1. The molecule has 1 aromatic heterocycles. The third-order valence-corrected chi connectivity index (χ3v) is 3.99. The van der Waals surface area contributed by atoms with Gasteiger partial charge in [-0.15, -0.1) is 10.2 Å². The maximum Gasteiger partial charge on any atom is 0.305 e. The van der Waals surface area contributed by atoms with Gasteiger partial charge in [0.25, 0.3) is 0 Å². The molecule has 1 heterocycles. The van der Waals surface area contributed by atoms with Gasteiger partial charge in [0.05, 0.1) is 12.2 Å². The molecule has 0 saturated carbocycles. The summed E-state index contributed by atoms with van der Waals surface area (Å²) in [5.74, 6) is -1.03. The third kappa shape index (κ3) is 5.10. The highest BCUT2D eigenvalue weighted by molar-refractivity contribution is 7.99. The standard InChI is InChI=1S/C15H18N4O3S/c1-10-3-5-12(6-4-10)19-9-16-18-15(19)23-8-13(20)17-11(2)7-14(21)22/h3-6,9,11H,7-8H2,1-2H3,(H,17,20)(H,21,22). The molecule has 0 aliphatic rings. The van der Waals surface area contributed by atoms with Gasteiger partial charge in [0.1, 0.15) is 6.33 Å². The van der Waals surface area contributed by atoms with Crippen molar-refractivity contribution in [3.63, 3.8) is 0 Å². The van der Waals surface area contributed by atoms with Crippen LogP contribution in [0.4, 0.5) is 0 Å². The van der Waals surface area contributed by atoms with E-state index in [4.69, 9.17) is 5.11 Å². The summed E-state index contributed by atoms with van der Waals surface area (Å²) in [6.07, 6.45) is 1.49. The second-order valence-electron chi connectivity index (χ2n) is 5.17.